The topological polar surface area (TPSA) is 29.1 Å². The minimum atomic E-state index is -0.228. The Labute approximate surface area is 95.9 Å². The number of benzene rings is 1. The highest BCUT2D eigenvalue weighted by atomic mass is 19.1. The van der Waals surface area contributed by atoms with Gasteiger partial charge >= 0.3 is 0 Å². The zero-order valence-corrected chi connectivity index (χ0v) is 10.0. The molecule has 88 valence electrons. The van der Waals surface area contributed by atoms with Gasteiger partial charge in [-0.1, -0.05) is 19.1 Å². The molecule has 1 atom stereocenters. The Hall–Kier alpha value is -1.38. The average molecular weight is 223 g/mol. The summed E-state index contributed by atoms with van der Waals surface area (Å²) in [4.78, 5) is 11.4. The molecule has 0 heterocycles. The molecule has 1 unspecified atom stereocenters. The number of hydrogen-bond acceptors (Lipinski definition) is 1. The third kappa shape index (κ3) is 3.33. The van der Waals surface area contributed by atoms with Crippen LogP contribution in [0.2, 0.25) is 0 Å². The Bertz CT molecular complexity index is 376. The van der Waals surface area contributed by atoms with Gasteiger partial charge in [-0.05, 0) is 37.5 Å². The van der Waals surface area contributed by atoms with E-state index in [4.69, 9.17) is 0 Å². The number of rotatable bonds is 4. The number of nitrogens with one attached hydrogen (secondary N) is 1. The van der Waals surface area contributed by atoms with Gasteiger partial charge in [-0.3, -0.25) is 4.79 Å². The van der Waals surface area contributed by atoms with E-state index in [0.29, 0.717) is 12.0 Å². The lowest BCUT2D eigenvalue weighted by molar-refractivity contribution is -0.121. The fourth-order valence-corrected chi connectivity index (χ4v) is 1.50. The van der Waals surface area contributed by atoms with E-state index in [0.717, 1.165) is 12.0 Å². The van der Waals surface area contributed by atoms with Gasteiger partial charge in [-0.2, -0.15) is 0 Å². The molecule has 3 heteroatoms. The highest BCUT2D eigenvalue weighted by Gasteiger charge is 2.10. The van der Waals surface area contributed by atoms with Crippen molar-refractivity contribution in [3.05, 3.63) is 35.1 Å². The minimum absolute atomic E-state index is 0.0102. The van der Waals surface area contributed by atoms with E-state index in [1.54, 1.807) is 13.0 Å². The fourth-order valence-electron chi connectivity index (χ4n) is 1.50. The van der Waals surface area contributed by atoms with E-state index < -0.39 is 0 Å². The molecule has 0 saturated carbocycles. The molecule has 1 aromatic rings. The minimum Gasteiger partial charge on any atom is -0.350 e. The molecule has 0 aliphatic heterocycles. The molecule has 0 aliphatic rings. The van der Waals surface area contributed by atoms with Gasteiger partial charge in [-0.25, -0.2) is 4.39 Å². The average Bonchev–Trinajstić information content (AvgIpc) is 2.22. The number of carbonyl (C=O) groups excluding carboxylic acids is 1. The summed E-state index contributed by atoms with van der Waals surface area (Å²) in [5.41, 5.74) is 1.42. The third-order valence-electron chi connectivity index (χ3n) is 2.55. The molecule has 1 aromatic carbocycles. The first kappa shape index (κ1) is 12.7. The molecular weight excluding hydrogens is 205 g/mol. The van der Waals surface area contributed by atoms with Gasteiger partial charge in [0.25, 0.3) is 0 Å². The lowest BCUT2D eigenvalue weighted by Gasteiger charge is -2.14. The molecule has 1 rings (SSSR count). The van der Waals surface area contributed by atoms with Crippen molar-refractivity contribution in [1.82, 2.24) is 5.32 Å². The first-order valence-corrected chi connectivity index (χ1v) is 5.60. The molecule has 16 heavy (non-hydrogen) atoms. The lowest BCUT2D eigenvalue weighted by Crippen LogP contribution is -2.26. The normalized spacial score (nSPS) is 12.2. The summed E-state index contributed by atoms with van der Waals surface area (Å²) in [6, 6.07) is 4.91. The van der Waals surface area contributed by atoms with Crippen molar-refractivity contribution in [1.29, 1.82) is 0 Å². The predicted octanol–water partition coefficient (Wildman–Crippen LogP) is 3.11. The zero-order valence-electron chi connectivity index (χ0n) is 10.0. The monoisotopic (exact) mass is 223 g/mol. The van der Waals surface area contributed by atoms with Gasteiger partial charge in [0.15, 0.2) is 0 Å². The van der Waals surface area contributed by atoms with E-state index in [2.05, 4.69) is 5.32 Å². The molecule has 2 nitrogen and oxygen atoms in total. The molecular formula is C13H18FNO. The molecule has 0 aliphatic carbocycles. The van der Waals surface area contributed by atoms with Crippen LogP contribution in [0, 0.1) is 12.7 Å². The lowest BCUT2D eigenvalue weighted by atomic mass is 10.1. The zero-order chi connectivity index (χ0) is 12.1. The van der Waals surface area contributed by atoms with Crippen LogP contribution in [0.15, 0.2) is 18.2 Å². The highest BCUT2D eigenvalue weighted by Crippen LogP contribution is 2.16. The molecule has 1 amide bonds. The summed E-state index contributed by atoms with van der Waals surface area (Å²) in [5.74, 6) is -0.218. The van der Waals surface area contributed by atoms with Crippen molar-refractivity contribution in [2.75, 3.05) is 0 Å². The van der Waals surface area contributed by atoms with Crippen molar-refractivity contribution < 1.29 is 9.18 Å². The Morgan fingerprint density at radius 1 is 1.50 bits per heavy atom. The molecule has 0 saturated heterocycles. The van der Waals surface area contributed by atoms with Crippen LogP contribution >= 0.6 is 0 Å². The van der Waals surface area contributed by atoms with Crippen LogP contribution in [0.5, 0.6) is 0 Å². The van der Waals surface area contributed by atoms with E-state index in [1.165, 1.54) is 6.07 Å². The van der Waals surface area contributed by atoms with E-state index >= 15 is 0 Å². The molecule has 0 fully saturated rings. The van der Waals surface area contributed by atoms with Crippen LogP contribution in [0.3, 0.4) is 0 Å². The van der Waals surface area contributed by atoms with Gasteiger partial charge in [0.05, 0.1) is 6.04 Å². The summed E-state index contributed by atoms with van der Waals surface area (Å²) in [6.07, 6.45) is 1.33. The smallest absolute Gasteiger partial charge is 0.220 e. The predicted molar refractivity (Wildman–Crippen MR) is 62.6 cm³/mol. The van der Waals surface area contributed by atoms with Crippen LogP contribution in [0.1, 0.15) is 43.9 Å². The van der Waals surface area contributed by atoms with Gasteiger partial charge in [0.2, 0.25) is 5.91 Å². The molecule has 0 aromatic heterocycles. The molecule has 0 spiro atoms. The Morgan fingerprint density at radius 2 is 2.19 bits per heavy atom. The second kappa shape index (κ2) is 5.64. The summed E-state index contributed by atoms with van der Waals surface area (Å²) in [6.45, 7) is 5.53. The van der Waals surface area contributed by atoms with Crippen LogP contribution in [0.4, 0.5) is 4.39 Å². The number of carbonyl (C=O) groups is 1. The first-order valence-electron chi connectivity index (χ1n) is 5.60. The van der Waals surface area contributed by atoms with Crippen molar-refractivity contribution in [3.8, 4) is 0 Å². The summed E-state index contributed by atoms with van der Waals surface area (Å²) < 4.78 is 13.3. The van der Waals surface area contributed by atoms with E-state index in [9.17, 15) is 9.18 Å². The van der Waals surface area contributed by atoms with Crippen molar-refractivity contribution in [3.63, 3.8) is 0 Å². The molecule has 1 N–H and O–H groups in total. The second-order valence-corrected chi connectivity index (χ2v) is 4.05. The Kier molecular flexibility index (Phi) is 4.47. The SMILES string of the molecule is CCCC(=O)NC(C)c1ccc(C)c(F)c1. The number of halogens is 1. The summed E-state index contributed by atoms with van der Waals surface area (Å²) in [7, 11) is 0. The van der Waals surface area contributed by atoms with Crippen molar-refractivity contribution in [2.45, 2.75) is 39.7 Å². The first-order chi connectivity index (χ1) is 7.54. The van der Waals surface area contributed by atoms with Gasteiger partial charge in [-0.15, -0.1) is 0 Å². The number of amides is 1. The summed E-state index contributed by atoms with van der Waals surface area (Å²) in [5, 5.41) is 2.84. The maximum atomic E-state index is 13.3. The van der Waals surface area contributed by atoms with Gasteiger partial charge in [0.1, 0.15) is 5.82 Å². The van der Waals surface area contributed by atoms with Crippen LogP contribution in [-0.2, 0) is 4.79 Å². The van der Waals surface area contributed by atoms with E-state index in [1.807, 2.05) is 19.9 Å². The quantitative estimate of drug-likeness (QED) is 0.834. The largest absolute Gasteiger partial charge is 0.350 e. The molecule has 0 radical (unpaired) electrons. The van der Waals surface area contributed by atoms with Crippen LogP contribution in [-0.4, -0.2) is 5.91 Å². The molecule has 0 bridgehead atoms. The standard InChI is InChI=1S/C13H18FNO/c1-4-5-13(16)15-10(3)11-7-6-9(2)12(14)8-11/h6-8,10H,4-5H2,1-3H3,(H,15,16). The third-order valence-corrected chi connectivity index (χ3v) is 2.55. The van der Waals surface area contributed by atoms with Gasteiger partial charge in [0, 0.05) is 6.42 Å². The maximum Gasteiger partial charge on any atom is 0.220 e. The van der Waals surface area contributed by atoms with Crippen molar-refractivity contribution >= 4 is 5.91 Å². The van der Waals surface area contributed by atoms with Crippen LogP contribution in [0.25, 0.3) is 0 Å². The van der Waals surface area contributed by atoms with Gasteiger partial charge < -0.3 is 5.32 Å². The van der Waals surface area contributed by atoms with Crippen molar-refractivity contribution in [2.24, 2.45) is 0 Å². The second-order valence-electron chi connectivity index (χ2n) is 4.05. The maximum absolute atomic E-state index is 13.3. The fraction of sp³-hybridized carbons (Fsp3) is 0.462. The number of aryl methyl sites for hydroxylation is 1. The Morgan fingerprint density at radius 3 is 2.75 bits per heavy atom. The summed E-state index contributed by atoms with van der Waals surface area (Å²) >= 11 is 0. The van der Waals surface area contributed by atoms with E-state index in [-0.39, 0.29) is 17.8 Å². The Balaban J connectivity index is 2.69. The number of hydrogen-bond donors (Lipinski definition) is 1. The van der Waals surface area contributed by atoms with Crippen LogP contribution < -0.4 is 5.32 Å². The highest BCUT2D eigenvalue weighted by molar-refractivity contribution is 5.76.